The van der Waals surface area contributed by atoms with Crippen molar-refractivity contribution in [3.63, 3.8) is 0 Å². The molecule has 1 fully saturated rings. The molecule has 1 amide bonds. The second-order valence-corrected chi connectivity index (χ2v) is 7.06. The molecule has 1 saturated carbocycles. The summed E-state index contributed by atoms with van der Waals surface area (Å²) in [5.41, 5.74) is 0.226. The summed E-state index contributed by atoms with van der Waals surface area (Å²) in [7, 11) is 1.97. The predicted molar refractivity (Wildman–Crippen MR) is 68.3 cm³/mol. The molecule has 0 atom stereocenters. The van der Waals surface area contributed by atoms with Crippen LogP contribution in [0, 0.1) is 10.8 Å². The van der Waals surface area contributed by atoms with Crippen LogP contribution in [0.4, 0.5) is 0 Å². The Morgan fingerprint density at radius 1 is 1.19 bits per heavy atom. The molecule has 0 aromatic rings. The highest BCUT2D eigenvalue weighted by Crippen LogP contribution is 2.37. The van der Waals surface area contributed by atoms with Crippen LogP contribution in [-0.2, 0) is 4.79 Å². The molecule has 0 aliphatic heterocycles. The molecule has 0 saturated heterocycles. The Kier molecular flexibility index (Phi) is 3.71. The van der Waals surface area contributed by atoms with Crippen LogP contribution in [-0.4, -0.2) is 23.9 Å². The van der Waals surface area contributed by atoms with Gasteiger partial charge in [0.2, 0.25) is 5.91 Å². The summed E-state index contributed by atoms with van der Waals surface area (Å²) in [6, 6.07) is 0.458. The van der Waals surface area contributed by atoms with Crippen LogP contribution in [0.1, 0.15) is 60.3 Å². The molecule has 0 aromatic heterocycles. The average Bonchev–Trinajstić information content (AvgIpc) is 2.14. The van der Waals surface area contributed by atoms with Gasteiger partial charge < -0.3 is 4.90 Å². The van der Waals surface area contributed by atoms with E-state index >= 15 is 0 Å². The molecule has 1 rings (SSSR count). The molecule has 1 aliphatic rings. The van der Waals surface area contributed by atoms with Crippen LogP contribution in [0.15, 0.2) is 0 Å². The maximum absolute atomic E-state index is 12.2. The van der Waals surface area contributed by atoms with Crippen LogP contribution in [0.3, 0.4) is 0 Å². The minimum Gasteiger partial charge on any atom is -0.342 e. The summed E-state index contributed by atoms with van der Waals surface area (Å²) in [6.45, 7) is 10.7. The topological polar surface area (TPSA) is 20.3 Å². The maximum Gasteiger partial charge on any atom is 0.227 e. The third-order valence-electron chi connectivity index (χ3n) is 3.82. The molecule has 1 aliphatic carbocycles. The van der Waals surface area contributed by atoms with E-state index in [2.05, 4.69) is 13.8 Å². The van der Waals surface area contributed by atoms with Crippen molar-refractivity contribution in [2.24, 2.45) is 10.8 Å². The second-order valence-electron chi connectivity index (χ2n) is 7.06. The fourth-order valence-electron chi connectivity index (χ4n) is 2.47. The van der Waals surface area contributed by atoms with Crippen molar-refractivity contribution < 1.29 is 4.79 Å². The first-order valence-corrected chi connectivity index (χ1v) is 6.41. The van der Waals surface area contributed by atoms with E-state index in [1.54, 1.807) is 0 Å². The monoisotopic (exact) mass is 225 g/mol. The van der Waals surface area contributed by atoms with Crippen LogP contribution >= 0.6 is 0 Å². The SMILES string of the molecule is CN(C(=O)C(C)(C)C)C1CCC(C)(C)CC1. The van der Waals surface area contributed by atoms with E-state index in [0.29, 0.717) is 11.5 Å². The van der Waals surface area contributed by atoms with Gasteiger partial charge in [0.15, 0.2) is 0 Å². The zero-order valence-corrected chi connectivity index (χ0v) is 11.8. The van der Waals surface area contributed by atoms with Gasteiger partial charge in [0.1, 0.15) is 0 Å². The van der Waals surface area contributed by atoms with Crippen molar-refractivity contribution in [1.82, 2.24) is 4.90 Å². The first-order chi connectivity index (χ1) is 7.13. The van der Waals surface area contributed by atoms with Gasteiger partial charge in [0.25, 0.3) is 0 Å². The molecule has 2 nitrogen and oxygen atoms in total. The van der Waals surface area contributed by atoms with E-state index in [0.717, 1.165) is 12.8 Å². The number of rotatable bonds is 1. The lowest BCUT2D eigenvalue weighted by Crippen LogP contribution is -2.45. The van der Waals surface area contributed by atoms with Crippen molar-refractivity contribution in [1.29, 1.82) is 0 Å². The molecule has 0 unspecified atom stereocenters. The van der Waals surface area contributed by atoms with E-state index in [9.17, 15) is 4.79 Å². The molecule has 16 heavy (non-hydrogen) atoms. The highest BCUT2D eigenvalue weighted by molar-refractivity contribution is 5.81. The molecule has 0 N–H and O–H groups in total. The Hall–Kier alpha value is -0.530. The highest BCUT2D eigenvalue weighted by Gasteiger charge is 2.33. The molecule has 94 valence electrons. The van der Waals surface area contributed by atoms with Gasteiger partial charge in [-0.25, -0.2) is 0 Å². The van der Waals surface area contributed by atoms with Gasteiger partial charge in [-0.3, -0.25) is 4.79 Å². The average molecular weight is 225 g/mol. The van der Waals surface area contributed by atoms with Crippen LogP contribution in [0.25, 0.3) is 0 Å². The van der Waals surface area contributed by atoms with Crippen molar-refractivity contribution >= 4 is 5.91 Å². The summed E-state index contributed by atoms with van der Waals surface area (Å²) in [4.78, 5) is 14.1. The van der Waals surface area contributed by atoms with Gasteiger partial charge >= 0.3 is 0 Å². The fourth-order valence-corrected chi connectivity index (χ4v) is 2.47. The largest absolute Gasteiger partial charge is 0.342 e. The van der Waals surface area contributed by atoms with Crippen molar-refractivity contribution in [2.75, 3.05) is 7.05 Å². The Morgan fingerprint density at radius 2 is 1.62 bits per heavy atom. The van der Waals surface area contributed by atoms with Crippen molar-refractivity contribution in [2.45, 2.75) is 66.3 Å². The van der Waals surface area contributed by atoms with Gasteiger partial charge in [-0.05, 0) is 31.1 Å². The Morgan fingerprint density at radius 3 is 2.00 bits per heavy atom. The number of hydrogen-bond donors (Lipinski definition) is 0. The van der Waals surface area contributed by atoms with E-state index in [-0.39, 0.29) is 11.3 Å². The smallest absolute Gasteiger partial charge is 0.227 e. The molecular formula is C14H27NO. The Bertz CT molecular complexity index is 252. The molecule has 0 heterocycles. The van der Waals surface area contributed by atoms with Crippen molar-refractivity contribution in [3.8, 4) is 0 Å². The Balaban J connectivity index is 2.57. The summed E-state index contributed by atoms with van der Waals surface area (Å²) in [5, 5.41) is 0. The first kappa shape index (κ1) is 13.5. The maximum atomic E-state index is 12.2. The number of carbonyl (C=O) groups excluding carboxylic acids is 1. The summed E-state index contributed by atoms with van der Waals surface area (Å²) < 4.78 is 0. The lowest BCUT2D eigenvalue weighted by Gasteiger charge is -2.40. The minimum atomic E-state index is -0.248. The first-order valence-electron chi connectivity index (χ1n) is 6.41. The third-order valence-corrected chi connectivity index (χ3v) is 3.82. The fraction of sp³-hybridized carbons (Fsp3) is 0.929. The summed E-state index contributed by atoms with van der Waals surface area (Å²) in [6.07, 6.45) is 4.79. The lowest BCUT2D eigenvalue weighted by molar-refractivity contribution is -0.141. The molecule has 2 heteroatoms. The zero-order chi connectivity index (χ0) is 12.6. The number of carbonyl (C=O) groups is 1. The molecule has 0 radical (unpaired) electrons. The molecular weight excluding hydrogens is 198 g/mol. The summed E-state index contributed by atoms with van der Waals surface area (Å²) >= 11 is 0. The molecule has 0 bridgehead atoms. The third kappa shape index (κ3) is 3.23. The van der Waals surface area contributed by atoms with Gasteiger partial charge in [-0.2, -0.15) is 0 Å². The Labute approximate surface area is 100 Å². The molecule has 0 aromatic carbocycles. The lowest BCUT2D eigenvalue weighted by atomic mass is 9.75. The van der Waals surface area contributed by atoms with Crippen LogP contribution in [0.2, 0.25) is 0 Å². The number of hydrogen-bond acceptors (Lipinski definition) is 1. The van der Waals surface area contributed by atoms with Crippen LogP contribution < -0.4 is 0 Å². The van der Waals surface area contributed by atoms with Crippen LogP contribution in [0.5, 0.6) is 0 Å². The van der Waals surface area contributed by atoms with Gasteiger partial charge in [-0.15, -0.1) is 0 Å². The standard InChI is InChI=1S/C14H27NO/c1-13(2,3)12(16)15(6)11-7-9-14(4,5)10-8-11/h11H,7-10H2,1-6H3. The van der Waals surface area contributed by atoms with E-state index in [4.69, 9.17) is 0 Å². The minimum absolute atomic E-state index is 0.248. The zero-order valence-electron chi connectivity index (χ0n) is 11.8. The van der Waals surface area contributed by atoms with E-state index in [1.807, 2.05) is 32.7 Å². The summed E-state index contributed by atoms with van der Waals surface area (Å²) in [5.74, 6) is 0.275. The highest BCUT2D eigenvalue weighted by atomic mass is 16.2. The second kappa shape index (κ2) is 4.38. The van der Waals surface area contributed by atoms with E-state index < -0.39 is 0 Å². The predicted octanol–water partition coefficient (Wildman–Crippen LogP) is 3.46. The van der Waals surface area contributed by atoms with Gasteiger partial charge in [0, 0.05) is 18.5 Å². The quantitative estimate of drug-likeness (QED) is 0.669. The number of amides is 1. The number of nitrogens with zero attached hydrogens (tertiary/aromatic N) is 1. The van der Waals surface area contributed by atoms with Gasteiger partial charge in [0.05, 0.1) is 0 Å². The van der Waals surface area contributed by atoms with E-state index in [1.165, 1.54) is 12.8 Å². The molecule has 0 spiro atoms. The normalized spacial score (nSPS) is 21.9. The van der Waals surface area contributed by atoms with Crippen molar-refractivity contribution in [3.05, 3.63) is 0 Å². The van der Waals surface area contributed by atoms with Gasteiger partial charge in [-0.1, -0.05) is 34.6 Å².